The molecule has 124 valence electrons. The van der Waals surface area contributed by atoms with Gasteiger partial charge in [-0.05, 0) is 30.0 Å². The molecule has 1 fully saturated rings. The third-order valence-electron chi connectivity index (χ3n) is 5.11. The molecule has 1 saturated carbocycles. The molecular formula is C21H19N3O. The van der Waals surface area contributed by atoms with E-state index < -0.39 is 0 Å². The highest BCUT2D eigenvalue weighted by molar-refractivity contribution is 6.04. The minimum atomic E-state index is -0.00624. The summed E-state index contributed by atoms with van der Waals surface area (Å²) in [4.78, 5) is 11.2. The monoisotopic (exact) mass is 329 g/mol. The Morgan fingerprint density at radius 2 is 1.72 bits per heavy atom. The average Bonchev–Trinajstić information content (AvgIpc) is 3.43. The number of benzene rings is 2. The lowest BCUT2D eigenvalue weighted by molar-refractivity contribution is -0.121. The molecular weight excluding hydrogens is 310 g/mol. The summed E-state index contributed by atoms with van der Waals surface area (Å²) >= 11 is 0. The van der Waals surface area contributed by atoms with Crippen molar-refractivity contribution in [3.8, 4) is 11.1 Å². The summed E-state index contributed by atoms with van der Waals surface area (Å²) in [6, 6.07) is 17.8. The van der Waals surface area contributed by atoms with Crippen molar-refractivity contribution >= 4 is 22.5 Å². The largest absolute Gasteiger partial charge is 0.344 e. The van der Waals surface area contributed by atoms with Gasteiger partial charge in [-0.1, -0.05) is 42.5 Å². The van der Waals surface area contributed by atoms with Gasteiger partial charge in [0.05, 0.1) is 5.71 Å². The lowest BCUT2D eigenvalue weighted by Crippen LogP contribution is -2.25. The summed E-state index contributed by atoms with van der Waals surface area (Å²) in [6.45, 7) is 0. The maximum Gasteiger partial charge on any atom is 0.240 e. The highest BCUT2D eigenvalue weighted by Gasteiger charge is 2.25. The molecule has 2 heterocycles. The smallest absolute Gasteiger partial charge is 0.240 e. The molecule has 0 unspecified atom stereocenters. The lowest BCUT2D eigenvalue weighted by Gasteiger charge is -2.12. The highest BCUT2D eigenvalue weighted by atomic mass is 16.2. The number of hydrogen-bond acceptors (Lipinski definition) is 2. The first kappa shape index (κ1) is 14.5. The van der Waals surface area contributed by atoms with Gasteiger partial charge in [-0.25, -0.2) is 5.43 Å². The molecule has 1 amide bonds. The molecule has 4 nitrogen and oxygen atoms in total. The molecule has 1 N–H and O–H groups in total. The highest BCUT2D eigenvalue weighted by Crippen LogP contribution is 2.41. The molecule has 1 aliphatic heterocycles. The van der Waals surface area contributed by atoms with Gasteiger partial charge in [0.1, 0.15) is 0 Å². The summed E-state index contributed by atoms with van der Waals surface area (Å²) in [5, 5.41) is 5.49. The van der Waals surface area contributed by atoms with Crippen molar-refractivity contribution in [2.45, 2.75) is 31.7 Å². The Morgan fingerprint density at radius 3 is 2.44 bits per heavy atom. The van der Waals surface area contributed by atoms with Crippen molar-refractivity contribution in [1.82, 2.24) is 9.99 Å². The lowest BCUT2D eigenvalue weighted by atomic mass is 9.99. The van der Waals surface area contributed by atoms with E-state index in [-0.39, 0.29) is 5.91 Å². The molecule has 25 heavy (non-hydrogen) atoms. The number of hydrazone groups is 1. The van der Waals surface area contributed by atoms with E-state index >= 15 is 0 Å². The number of aromatic nitrogens is 1. The Morgan fingerprint density at radius 1 is 0.960 bits per heavy atom. The van der Waals surface area contributed by atoms with Crippen LogP contribution < -0.4 is 5.43 Å². The first-order valence-corrected chi connectivity index (χ1v) is 8.85. The van der Waals surface area contributed by atoms with E-state index in [9.17, 15) is 4.79 Å². The molecule has 1 aromatic heterocycles. The van der Waals surface area contributed by atoms with Crippen LogP contribution in [0.3, 0.4) is 0 Å². The molecule has 2 aliphatic rings. The molecule has 0 atom stereocenters. The van der Waals surface area contributed by atoms with Gasteiger partial charge < -0.3 is 4.57 Å². The minimum absolute atomic E-state index is 0.00624. The van der Waals surface area contributed by atoms with E-state index in [0.29, 0.717) is 18.9 Å². The van der Waals surface area contributed by atoms with Crippen molar-refractivity contribution in [3.63, 3.8) is 0 Å². The van der Waals surface area contributed by atoms with Crippen LogP contribution in [0.2, 0.25) is 0 Å². The van der Waals surface area contributed by atoms with Crippen LogP contribution in [0.15, 0.2) is 59.8 Å². The molecule has 5 rings (SSSR count). The summed E-state index contributed by atoms with van der Waals surface area (Å²) in [6.07, 6.45) is 6.07. The van der Waals surface area contributed by atoms with Gasteiger partial charge in [-0.3, -0.25) is 4.79 Å². The average molecular weight is 329 g/mol. The number of amides is 1. The van der Waals surface area contributed by atoms with E-state index in [4.69, 9.17) is 0 Å². The number of carbonyl (C=O) groups is 1. The van der Waals surface area contributed by atoms with E-state index in [1.54, 1.807) is 0 Å². The Hall–Kier alpha value is -2.88. The Kier molecular flexibility index (Phi) is 3.23. The van der Waals surface area contributed by atoms with Gasteiger partial charge in [0, 0.05) is 41.5 Å². The van der Waals surface area contributed by atoms with Crippen LogP contribution in [-0.2, 0) is 4.79 Å². The van der Waals surface area contributed by atoms with Crippen molar-refractivity contribution in [3.05, 3.63) is 60.3 Å². The normalized spacial score (nSPS) is 17.4. The van der Waals surface area contributed by atoms with Crippen LogP contribution in [0.5, 0.6) is 0 Å². The number of hydrogen-bond donors (Lipinski definition) is 1. The predicted octanol–water partition coefficient (Wildman–Crippen LogP) is 4.26. The minimum Gasteiger partial charge on any atom is -0.344 e. The van der Waals surface area contributed by atoms with Crippen LogP contribution in [0, 0.1) is 0 Å². The summed E-state index contributed by atoms with van der Waals surface area (Å²) in [5.41, 5.74) is 8.43. The van der Waals surface area contributed by atoms with E-state index in [1.165, 1.54) is 34.9 Å². The number of nitrogens with one attached hydrogen (secondary N) is 1. The number of carbonyl (C=O) groups excluding carboxylic acids is 1. The number of rotatable bonds is 3. The second-order valence-corrected chi connectivity index (χ2v) is 6.87. The second kappa shape index (κ2) is 5.59. The number of nitrogens with zero attached hydrogens (tertiary/aromatic N) is 2. The third-order valence-corrected chi connectivity index (χ3v) is 5.11. The zero-order valence-electron chi connectivity index (χ0n) is 13.9. The van der Waals surface area contributed by atoms with Crippen LogP contribution >= 0.6 is 0 Å². The molecule has 0 radical (unpaired) electrons. The van der Waals surface area contributed by atoms with Gasteiger partial charge >= 0.3 is 0 Å². The fourth-order valence-electron chi connectivity index (χ4n) is 3.61. The summed E-state index contributed by atoms with van der Waals surface area (Å²) in [5.74, 6) is -0.00624. The van der Waals surface area contributed by atoms with Crippen molar-refractivity contribution in [1.29, 1.82) is 0 Å². The van der Waals surface area contributed by atoms with Crippen molar-refractivity contribution in [2.75, 3.05) is 0 Å². The molecule has 3 aromatic rings. The van der Waals surface area contributed by atoms with Gasteiger partial charge in [0.15, 0.2) is 0 Å². The maximum atomic E-state index is 11.2. The van der Waals surface area contributed by atoms with E-state index in [0.717, 1.165) is 11.3 Å². The summed E-state index contributed by atoms with van der Waals surface area (Å²) < 4.78 is 2.43. The first-order chi connectivity index (χ1) is 12.3. The van der Waals surface area contributed by atoms with Crippen molar-refractivity contribution in [2.24, 2.45) is 5.10 Å². The summed E-state index contributed by atoms with van der Waals surface area (Å²) in [7, 11) is 0. The van der Waals surface area contributed by atoms with Crippen LogP contribution in [0.25, 0.3) is 22.0 Å². The number of para-hydroxylation sites is 1. The third kappa shape index (κ3) is 2.54. The van der Waals surface area contributed by atoms with Crippen LogP contribution in [0.1, 0.15) is 37.3 Å². The molecule has 0 bridgehead atoms. The quantitative estimate of drug-likeness (QED) is 0.767. The van der Waals surface area contributed by atoms with E-state index in [1.807, 2.05) is 0 Å². The van der Waals surface area contributed by atoms with Crippen molar-refractivity contribution < 1.29 is 4.79 Å². The Bertz CT molecular complexity index is 994. The predicted molar refractivity (Wildman–Crippen MR) is 99.6 cm³/mol. The molecule has 0 spiro atoms. The SMILES string of the molecule is O=C1CCC(c2ccc(-c3cn(C4CC4)c4ccccc34)cc2)=NN1. The fraction of sp³-hybridized carbons (Fsp3) is 0.238. The first-order valence-electron chi connectivity index (χ1n) is 8.85. The Balaban J connectivity index is 1.54. The van der Waals surface area contributed by atoms with Gasteiger partial charge in [-0.2, -0.15) is 5.10 Å². The van der Waals surface area contributed by atoms with Gasteiger partial charge in [-0.15, -0.1) is 0 Å². The number of fused-ring (bicyclic) bond motifs is 1. The second-order valence-electron chi connectivity index (χ2n) is 6.87. The van der Waals surface area contributed by atoms with Crippen LogP contribution in [-0.4, -0.2) is 16.2 Å². The zero-order valence-corrected chi connectivity index (χ0v) is 13.9. The standard InChI is InChI=1S/C21H19N3O/c25-21-12-11-19(22-23-21)15-7-5-14(6-8-15)18-13-24(16-9-10-16)20-4-2-1-3-17(18)20/h1-8,13,16H,9-12H2,(H,23,25). The topological polar surface area (TPSA) is 46.4 Å². The van der Waals surface area contributed by atoms with Gasteiger partial charge in [0.25, 0.3) is 0 Å². The molecule has 2 aromatic carbocycles. The van der Waals surface area contributed by atoms with E-state index in [2.05, 4.69) is 69.8 Å². The molecule has 4 heteroatoms. The van der Waals surface area contributed by atoms with Crippen LogP contribution in [0.4, 0.5) is 0 Å². The molecule has 1 aliphatic carbocycles. The zero-order chi connectivity index (χ0) is 16.8. The fourth-order valence-corrected chi connectivity index (χ4v) is 3.61. The maximum absolute atomic E-state index is 11.2. The Labute approximate surface area is 146 Å². The molecule has 0 saturated heterocycles. The van der Waals surface area contributed by atoms with Gasteiger partial charge in [0.2, 0.25) is 5.91 Å².